The Morgan fingerprint density at radius 1 is 1.08 bits per heavy atom. The number of nitrogens with zero attached hydrogens (tertiary/aromatic N) is 3. The summed E-state index contributed by atoms with van der Waals surface area (Å²) in [7, 11) is 0. The first-order valence-corrected chi connectivity index (χ1v) is 8.18. The van der Waals surface area contributed by atoms with Crippen molar-refractivity contribution in [3.63, 3.8) is 0 Å². The third-order valence-electron chi connectivity index (χ3n) is 3.36. The normalized spacial score (nSPS) is 10.0. The molecule has 0 unspecified atom stereocenters. The molecule has 8 heteroatoms. The number of benzene rings is 2. The molecular weight excluding hydrogens is 373 g/mol. The lowest BCUT2D eigenvalue weighted by molar-refractivity contribution is 0.102. The molecule has 0 fully saturated rings. The first kappa shape index (κ1) is 17.7. The van der Waals surface area contributed by atoms with Gasteiger partial charge in [0.15, 0.2) is 0 Å². The number of halogens is 2. The maximum atomic E-state index is 12.4. The number of nitrogens with one attached hydrogen (secondary N) is 2. The van der Waals surface area contributed by atoms with Gasteiger partial charge in [-0.2, -0.15) is 5.26 Å². The van der Waals surface area contributed by atoms with Crippen LogP contribution in [-0.2, 0) is 0 Å². The molecule has 6 nitrogen and oxygen atoms in total. The highest BCUT2D eigenvalue weighted by molar-refractivity contribution is 6.36. The topological polar surface area (TPSA) is 90.7 Å². The lowest BCUT2D eigenvalue weighted by atomic mass is 10.2. The number of hydrogen-bond acceptors (Lipinski definition) is 5. The van der Waals surface area contributed by atoms with E-state index in [4.69, 9.17) is 28.5 Å². The molecule has 1 heterocycles. The largest absolute Gasteiger partial charge is 0.323 e. The van der Waals surface area contributed by atoms with Crippen LogP contribution in [0.1, 0.15) is 16.1 Å². The van der Waals surface area contributed by atoms with Gasteiger partial charge in [0.2, 0.25) is 5.95 Å². The standard InChI is InChI=1S/C18H11Cl2N5O/c19-12-5-6-15(13(20)9-12)24-18-22-8-7-16(25-18)17(26)23-14-4-2-1-3-11(14)10-21/h1-9H,(H,23,26)(H,22,24,25). The van der Waals surface area contributed by atoms with Crippen molar-refractivity contribution in [2.45, 2.75) is 0 Å². The van der Waals surface area contributed by atoms with Gasteiger partial charge < -0.3 is 10.6 Å². The van der Waals surface area contributed by atoms with Gasteiger partial charge in [0.05, 0.1) is 22.0 Å². The molecule has 0 bridgehead atoms. The summed E-state index contributed by atoms with van der Waals surface area (Å²) < 4.78 is 0. The van der Waals surface area contributed by atoms with E-state index in [0.29, 0.717) is 27.0 Å². The van der Waals surface area contributed by atoms with Crippen molar-refractivity contribution < 1.29 is 4.79 Å². The Balaban J connectivity index is 1.80. The van der Waals surface area contributed by atoms with Crippen molar-refractivity contribution in [1.29, 1.82) is 5.26 Å². The van der Waals surface area contributed by atoms with E-state index in [2.05, 4.69) is 20.6 Å². The van der Waals surface area contributed by atoms with Crippen LogP contribution in [0.15, 0.2) is 54.7 Å². The van der Waals surface area contributed by atoms with Gasteiger partial charge in [-0.25, -0.2) is 9.97 Å². The number of aromatic nitrogens is 2. The summed E-state index contributed by atoms with van der Waals surface area (Å²) in [4.78, 5) is 20.7. The molecular formula is C18H11Cl2N5O. The lowest BCUT2D eigenvalue weighted by Gasteiger charge is -2.09. The smallest absolute Gasteiger partial charge is 0.274 e. The zero-order chi connectivity index (χ0) is 18.5. The predicted octanol–water partition coefficient (Wildman–Crippen LogP) is 4.65. The molecule has 26 heavy (non-hydrogen) atoms. The molecule has 0 atom stereocenters. The summed E-state index contributed by atoms with van der Waals surface area (Å²) in [5.74, 6) is -0.254. The van der Waals surface area contributed by atoms with Gasteiger partial charge in [0, 0.05) is 11.2 Å². The third kappa shape index (κ3) is 4.09. The van der Waals surface area contributed by atoms with Crippen molar-refractivity contribution in [1.82, 2.24) is 9.97 Å². The van der Waals surface area contributed by atoms with E-state index in [1.807, 2.05) is 6.07 Å². The summed E-state index contributed by atoms with van der Waals surface area (Å²) in [5.41, 5.74) is 1.47. The minimum atomic E-state index is -0.458. The molecule has 2 aromatic carbocycles. The molecule has 0 radical (unpaired) electrons. The van der Waals surface area contributed by atoms with Gasteiger partial charge in [-0.1, -0.05) is 35.3 Å². The number of carbonyl (C=O) groups is 1. The Morgan fingerprint density at radius 2 is 1.88 bits per heavy atom. The van der Waals surface area contributed by atoms with Crippen molar-refractivity contribution in [3.8, 4) is 6.07 Å². The Labute approximate surface area is 159 Å². The first-order valence-electron chi connectivity index (χ1n) is 7.42. The second kappa shape index (κ2) is 7.83. The van der Waals surface area contributed by atoms with Gasteiger partial charge in [-0.3, -0.25) is 4.79 Å². The van der Waals surface area contributed by atoms with E-state index in [9.17, 15) is 4.79 Å². The molecule has 0 aliphatic heterocycles. The molecule has 2 N–H and O–H groups in total. The fraction of sp³-hybridized carbons (Fsp3) is 0. The maximum Gasteiger partial charge on any atom is 0.274 e. The van der Waals surface area contributed by atoms with Crippen molar-refractivity contribution in [3.05, 3.63) is 76.0 Å². The Bertz CT molecular complexity index is 1020. The van der Waals surface area contributed by atoms with Crippen LogP contribution in [0.3, 0.4) is 0 Å². The quantitative estimate of drug-likeness (QED) is 0.683. The molecule has 0 aliphatic carbocycles. The molecule has 128 valence electrons. The van der Waals surface area contributed by atoms with E-state index in [0.717, 1.165) is 0 Å². The third-order valence-corrected chi connectivity index (χ3v) is 3.91. The van der Waals surface area contributed by atoms with Gasteiger partial charge >= 0.3 is 0 Å². The monoisotopic (exact) mass is 383 g/mol. The molecule has 1 aromatic heterocycles. The number of hydrogen-bond donors (Lipinski definition) is 2. The van der Waals surface area contributed by atoms with Crippen LogP contribution < -0.4 is 10.6 Å². The Morgan fingerprint density at radius 3 is 2.65 bits per heavy atom. The van der Waals surface area contributed by atoms with E-state index >= 15 is 0 Å². The van der Waals surface area contributed by atoms with Crippen LogP contribution in [0.25, 0.3) is 0 Å². The summed E-state index contributed by atoms with van der Waals surface area (Å²) in [5, 5.41) is 15.6. The average molecular weight is 384 g/mol. The summed E-state index contributed by atoms with van der Waals surface area (Å²) >= 11 is 12.0. The van der Waals surface area contributed by atoms with E-state index in [-0.39, 0.29) is 11.6 Å². The molecule has 0 aliphatic rings. The van der Waals surface area contributed by atoms with Gasteiger partial charge in [-0.15, -0.1) is 0 Å². The van der Waals surface area contributed by atoms with Crippen LogP contribution in [0.2, 0.25) is 10.0 Å². The number of para-hydroxylation sites is 1. The zero-order valence-corrected chi connectivity index (χ0v) is 14.7. The van der Waals surface area contributed by atoms with Crippen LogP contribution in [-0.4, -0.2) is 15.9 Å². The second-order valence-electron chi connectivity index (χ2n) is 5.13. The fourth-order valence-corrected chi connectivity index (χ4v) is 2.59. The van der Waals surface area contributed by atoms with E-state index in [1.54, 1.807) is 42.5 Å². The maximum absolute atomic E-state index is 12.4. The van der Waals surface area contributed by atoms with Gasteiger partial charge in [-0.05, 0) is 36.4 Å². The Hall–Kier alpha value is -3.14. The van der Waals surface area contributed by atoms with Crippen molar-refractivity contribution in [2.24, 2.45) is 0 Å². The average Bonchev–Trinajstić information content (AvgIpc) is 2.65. The van der Waals surface area contributed by atoms with Crippen LogP contribution in [0.4, 0.5) is 17.3 Å². The SMILES string of the molecule is N#Cc1ccccc1NC(=O)c1ccnc(Nc2ccc(Cl)cc2Cl)n1. The first-order chi connectivity index (χ1) is 12.6. The number of amides is 1. The molecule has 0 saturated carbocycles. The molecule has 1 amide bonds. The van der Waals surface area contributed by atoms with Crippen molar-refractivity contribution >= 4 is 46.4 Å². The lowest BCUT2D eigenvalue weighted by Crippen LogP contribution is -2.15. The highest BCUT2D eigenvalue weighted by Gasteiger charge is 2.12. The van der Waals surface area contributed by atoms with E-state index < -0.39 is 5.91 Å². The second-order valence-corrected chi connectivity index (χ2v) is 5.97. The Kier molecular flexibility index (Phi) is 5.32. The summed E-state index contributed by atoms with van der Waals surface area (Å²) in [6.07, 6.45) is 1.45. The van der Waals surface area contributed by atoms with Crippen LogP contribution >= 0.6 is 23.2 Å². The molecule has 3 aromatic rings. The van der Waals surface area contributed by atoms with Gasteiger partial charge in [0.25, 0.3) is 5.91 Å². The zero-order valence-electron chi connectivity index (χ0n) is 13.2. The van der Waals surface area contributed by atoms with Crippen LogP contribution in [0.5, 0.6) is 0 Å². The minimum absolute atomic E-state index is 0.139. The number of anilines is 3. The summed E-state index contributed by atoms with van der Waals surface area (Å²) in [6.45, 7) is 0. The molecule has 0 spiro atoms. The fourth-order valence-electron chi connectivity index (χ4n) is 2.13. The highest BCUT2D eigenvalue weighted by atomic mass is 35.5. The number of nitriles is 1. The number of rotatable bonds is 4. The highest BCUT2D eigenvalue weighted by Crippen LogP contribution is 2.27. The number of carbonyl (C=O) groups excluding carboxylic acids is 1. The minimum Gasteiger partial charge on any atom is -0.323 e. The molecule has 3 rings (SSSR count). The predicted molar refractivity (Wildman–Crippen MR) is 101 cm³/mol. The van der Waals surface area contributed by atoms with E-state index in [1.165, 1.54) is 12.3 Å². The molecule has 0 saturated heterocycles. The summed E-state index contributed by atoms with van der Waals surface area (Å²) in [6, 6.07) is 15.1. The van der Waals surface area contributed by atoms with Crippen molar-refractivity contribution in [2.75, 3.05) is 10.6 Å². The van der Waals surface area contributed by atoms with Crippen LogP contribution in [0, 0.1) is 11.3 Å². The van der Waals surface area contributed by atoms with Gasteiger partial charge in [0.1, 0.15) is 11.8 Å².